The van der Waals surface area contributed by atoms with Gasteiger partial charge in [0.05, 0.1) is 18.4 Å². The molecule has 0 saturated carbocycles. The molecule has 0 aromatic carbocycles. The van der Waals surface area contributed by atoms with Gasteiger partial charge in [0.15, 0.2) is 5.82 Å². The first-order valence-corrected chi connectivity index (χ1v) is 5.91. The topological polar surface area (TPSA) is 95.9 Å². The van der Waals surface area contributed by atoms with Crippen molar-refractivity contribution in [3.63, 3.8) is 0 Å². The van der Waals surface area contributed by atoms with E-state index in [1.54, 1.807) is 6.92 Å². The van der Waals surface area contributed by atoms with Gasteiger partial charge >= 0.3 is 5.97 Å². The van der Waals surface area contributed by atoms with Gasteiger partial charge in [-0.25, -0.2) is 19.4 Å². The molecule has 0 bridgehead atoms. The van der Waals surface area contributed by atoms with Gasteiger partial charge in [0.2, 0.25) is 0 Å². The number of aromatic nitrogens is 4. The van der Waals surface area contributed by atoms with Crippen molar-refractivity contribution in [3.05, 3.63) is 28.8 Å². The fraction of sp³-hybridized carbons (Fsp3) is 0.200. The molecule has 0 aliphatic carbocycles. The van der Waals surface area contributed by atoms with Crippen LogP contribution in [0.25, 0.3) is 5.82 Å². The second-order valence-electron chi connectivity index (χ2n) is 3.29. The maximum atomic E-state index is 11.5. The second-order valence-corrected chi connectivity index (χ2v) is 4.08. The Morgan fingerprint density at radius 3 is 3.06 bits per heavy atom. The quantitative estimate of drug-likeness (QED) is 0.855. The Morgan fingerprint density at radius 2 is 2.33 bits per heavy atom. The Balaban J connectivity index is 2.35. The second kappa shape index (κ2) is 5.13. The number of ether oxygens (including phenoxy) is 1. The largest absolute Gasteiger partial charge is 0.462 e. The van der Waals surface area contributed by atoms with Crippen molar-refractivity contribution in [2.45, 2.75) is 6.92 Å². The first-order chi connectivity index (χ1) is 8.63. The molecule has 0 aliphatic heterocycles. The SMILES string of the molecule is CCOC(=O)c1cnn(-c2ncnc(N)c2Br)c1. The molecule has 0 atom stereocenters. The van der Waals surface area contributed by atoms with Crippen LogP contribution in [-0.2, 0) is 4.74 Å². The minimum absolute atomic E-state index is 0.299. The molecule has 0 saturated heterocycles. The van der Waals surface area contributed by atoms with E-state index in [1.165, 1.54) is 23.4 Å². The maximum absolute atomic E-state index is 11.5. The van der Waals surface area contributed by atoms with Crippen molar-refractivity contribution >= 4 is 27.7 Å². The molecule has 18 heavy (non-hydrogen) atoms. The zero-order valence-electron chi connectivity index (χ0n) is 9.50. The molecule has 0 radical (unpaired) electrons. The van der Waals surface area contributed by atoms with Gasteiger partial charge < -0.3 is 10.5 Å². The van der Waals surface area contributed by atoms with E-state index in [0.29, 0.717) is 28.3 Å². The predicted octanol–water partition coefficient (Wildman–Crippen LogP) is 1.18. The van der Waals surface area contributed by atoms with Gasteiger partial charge in [0.25, 0.3) is 0 Å². The highest BCUT2D eigenvalue weighted by Crippen LogP contribution is 2.22. The molecule has 2 N–H and O–H groups in total. The Hall–Kier alpha value is -1.96. The third-order valence-corrected chi connectivity index (χ3v) is 2.87. The molecule has 0 fully saturated rings. The summed E-state index contributed by atoms with van der Waals surface area (Å²) in [5.74, 6) is 0.327. The molecule has 0 spiro atoms. The van der Waals surface area contributed by atoms with E-state index >= 15 is 0 Å². The number of halogens is 1. The zero-order chi connectivity index (χ0) is 13.1. The van der Waals surface area contributed by atoms with E-state index < -0.39 is 5.97 Å². The lowest BCUT2D eigenvalue weighted by Gasteiger charge is -2.03. The van der Waals surface area contributed by atoms with Gasteiger partial charge in [0, 0.05) is 6.20 Å². The maximum Gasteiger partial charge on any atom is 0.341 e. The Kier molecular flexibility index (Phi) is 3.56. The van der Waals surface area contributed by atoms with Crippen LogP contribution < -0.4 is 5.73 Å². The van der Waals surface area contributed by atoms with E-state index in [1.807, 2.05) is 0 Å². The summed E-state index contributed by atoms with van der Waals surface area (Å²) in [7, 11) is 0. The van der Waals surface area contributed by atoms with E-state index in [4.69, 9.17) is 10.5 Å². The first kappa shape index (κ1) is 12.5. The monoisotopic (exact) mass is 311 g/mol. The van der Waals surface area contributed by atoms with Crippen LogP contribution in [0.5, 0.6) is 0 Å². The number of rotatable bonds is 3. The average Bonchev–Trinajstić information content (AvgIpc) is 2.82. The van der Waals surface area contributed by atoms with Crippen molar-refractivity contribution in [3.8, 4) is 5.82 Å². The molecule has 2 aromatic rings. The summed E-state index contributed by atoms with van der Waals surface area (Å²) in [6.45, 7) is 2.05. The molecule has 0 aliphatic rings. The third kappa shape index (κ3) is 2.33. The number of esters is 1. The van der Waals surface area contributed by atoms with Gasteiger partial charge in [0.1, 0.15) is 16.6 Å². The molecule has 7 nitrogen and oxygen atoms in total. The van der Waals surface area contributed by atoms with Crippen LogP contribution in [0.15, 0.2) is 23.2 Å². The van der Waals surface area contributed by atoms with Crippen LogP contribution in [0.3, 0.4) is 0 Å². The van der Waals surface area contributed by atoms with Crippen molar-refractivity contribution in [1.82, 2.24) is 19.7 Å². The predicted molar refractivity (Wildman–Crippen MR) is 67.2 cm³/mol. The number of carbonyl (C=O) groups is 1. The zero-order valence-corrected chi connectivity index (χ0v) is 11.1. The summed E-state index contributed by atoms with van der Waals surface area (Å²) < 4.78 is 6.81. The van der Waals surface area contributed by atoms with Gasteiger partial charge in [-0.15, -0.1) is 0 Å². The molecule has 2 rings (SSSR count). The molecule has 2 heterocycles. The normalized spacial score (nSPS) is 10.3. The highest BCUT2D eigenvalue weighted by molar-refractivity contribution is 9.10. The van der Waals surface area contributed by atoms with Crippen LogP contribution in [-0.4, -0.2) is 32.3 Å². The molecule has 0 amide bonds. The van der Waals surface area contributed by atoms with E-state index in [0.717, 1.165) is 0 Å². The minimum atomic E-state index is -0.429. The summed E-state index contributed by atoms with van der Waals surface area (Å²) in [6.07, 6.45) is 4.24. The molecule has 0 unspecified atom stereocenters. The van der Waals surface area contributed by atoms with Gasteiger partial charge in [-0.05, 0) is 22.9 Å². The van der Waals surface area contributed by atoms with E-state index in [9.17, 15) is 4.79 Å². The van der Waals surface area contributed by atoms with Gasteiger partial charge in [-0.3, -0.25) is 0 Å². The summed E-state index contributed by atoms with van der Waals surface area (Å²) in [6, 6.07) is 0. The van der Waals surface area contributed by atoms with Crippen molar-refractivity contribution in [2.75, 3.05) is 12.3 Å². The molecular weight excluding hydrogens is 302 g/mol. The molecule has 8 heteroatoms. The number of nitrogen functional groups attached to an aromatic ring is 1. The highest BCUT2D eigenvalue weighted by Gasteiger charge is 2.13. The molecule has 2 aromatic heterocycles. The van der Waals surface area contributed by atoms with Gasteiger partial charge in [-0.1, -0.05) is 0 Å². The van der Waals surface area contributed by atoms with Crippen molar-refractivity contribution < 1.29 is 9.53 Å². The fourth-order valence-corrected chi connectivity index (χ4v) is 1.68. The highest BCUT2D eigenvalue weighted by atomic mass is 79.9. The van der Waals surface area contributed by atoms with Crippen LogP contribution in [0.1, 0.15) is 17.3 Å². The summed E-state index contributed by atoms with van der Waals surface area (Å²) in [4.78, 5) is 19.4. The molecular formula is C10H10BrN5O2. The standard InChI is InChI=1S/C10H10BrN5O2/c1-2-18-10(17)6-3-15-16(4-6)9-7(11)8(12)13-5-14-9/h3-5H,2H2,1H3,(H2,12,13,14). The summed E-state index contributed by atoms with van der Waals surface area (Å²) in [5.41, 5.74) is 5.99. The lowest BCUT2D eigenvalue weighted by atomic mass is 10.4. The van der Waals surface area contributed by atoms with Crippen LogP contribution in [0.4, 0.5) is 5.82 Å². The lowest BCUT2D eigenvalue weighted by molar-refractivity contribution is 0.0526. The Morgan fingerprint density at radius 1 is 1.56 bits per heavy atom. The number of anilines is 1. The third-order valence-electron chi connectivity index (χ3n) is 2.11. The van der Waals surface area contributed by atoms with Crippen LogP contribution in [0, 0.1) is 0 Å². The Labute approximate surface area is 111 Å². The number of nitrogens with zero attached hydrogens (tertiary/aromatic N) is 4. The minimum Gasteiger partial charge on any atom is -0.462 e. The number of carbonyl (C=O) groups excluding carboxylic acids is 1. The van der Waals surface area contributed by atoms with Crippen molar-refractivity contribution in [1.29, 1.82) is 0 Å². The fourth-order valence-electron chi connectivity index (χ4n) is 1.29. The number of hydrogen-bond donors (Lipinski definition) is 1. The summed E-state index contributed by atoms with van der Waals surface area (Å²) >= 11 is 3.27. The molecule has 94 valence electrons. The van der Waals surface area contributed by atoms with Crippen molar-refractivity contribution in [2.24, 2.45) is 0 Å². The smallest absolute Gasteiger partial charge is 0.341 e. The Bertz CT molecular complexity index is 583. The van der Waals surface area contributed by atoms with Gasteiger partial charge in [-0.2, -0.15) is 5.10 Å². The van der Waals surface area contributed by atoms with E-state index in [-0.39, 0.29) is 0 Å². The lowest BCUT2D eigenvalue weighted by Crippen LogP contribution is -2.05. The van der Waals surface area contributed by atoms with Crippen LogP contribution in [0.2, 0.25) is 0 Å². The number of hydrogen-bond acceptors (Lipinski definition) is 6. The van der Waals surface area contributed by atoms with Crippen LogP contribution >= 0.6 is 15.9 Å². The first-order valence-electron chi connectivity index (χ1n) is 5.11. The summed E-state index contributed by atoms with van der Waals surface area (Å²) in [5, 5.41) is 4.03. The number of nitrogens with two attached hydrogens (primary N) is 1. The van der Waals surface area contributed by atoms with E-state index in [2.05, 4.69) is 31.0 Å². The average molecular weight is 312 g/mol.